The molecule has 29 heavy (non-hydrogen) atoms. The summed E-state index contributed by atoms with van der Waals surface area (Å²) in [6, 6.07) is 9.00. The van der Waals surface area contributed by atoms with Crippen LogP contribution in [0.4, 0.5) is 5.82 Å². The smallest absolute Gasteiger partial charge is 0.161 e. The van der Waals surface area contributed by atoms with Gasteiger partial charge in [-0.15, -0.1) is 0 Å². The molecule has 0 bridgehead atoms. The van der Waals surface area contributed by atoms with E-state index < -0.39 is 0 Å². The lowest BCUT2D eigenvalue weighted by Gasteiger charge is -2.23. The van der Waals surface area contributed by atoms with Crippen molar-refractivity contribution in [2.24, 2.45) is 0 Å². The zero-order chi connectivity index (χ0) is 19.5. The standard InChI is InChI=1S/C24H33N5/c1-2-14-28(13-1)15-3-16-29-17-10-22-18-26-23(27-24(22)29)21-6-4-19(5-7-21)20-8-11-25-12-9-20/h4-7,18,20,25H,1-3,8-17H2. The van der Waals surface area contributed by atoms with E-state index in [1.807, 2.05) is 0 Å². The van der Waals surface area contributed by atoms with Gasteiger partial charge in [0.15, 0.2) is 5.82 Å². The highest BCUT2D eigenvalue weighted by Gasteiger charge is 2.22. The maximum Gasteiger partial charge on any atom is 0.161 e. The average molecular weight is 392 g/mol. The van der Waals surface area contributed by atoms with Crippen LogP contribution in [0.1, 0.15) is 49.1 Å². The fourth-order valence-corrected chi connectivity index (χ4v) is 5.12. The zero-order valence-corrected chi connectivity index (χ0v) is 17.4. The van der Waals surface area contributed by atoms with E-state index in [1.165, 1.54) is 68.7 Å². The van der Waals surface area contributed by atoms with E-state index in [1.54, 1.807) is 0 Å². The van der Waals surface area contributed by atoms with Crippen molar-refractivity contribution in [1.29, 1.82) is 0 Å². The topological polar surface area (TPSA) is 44.3 Å². The molecule has 0 saturated carbocycles. The van der Waals surface area contributed by atoms with Crippen molar-refractivity contribution in [3.8, 4) is 11.4 Å². The molecule has 2 saturated heterocycles. The number of benzene rings is 1. The molecule has 1 N–H and O–H groups in total. The molecule has 0 radical (unpaired) electrons. The molecule has 1 aromatic carbocycles. The summed E-state index contributed by atoms with van der Waals surface area (Å²) in [4.78, 5) is 14.7. The lowest BCUT2D eigenvalue weighted by molar-refractivity contribution is 0.335. The molecule has 0 aliphatic carbocycles. The second-order valence-corrected chi connectivity index (χ2v) is 8.83. The van der Waals surface area contributed by atoms with Gasteiger partial charge in [0.05, 0.1) is 0 Å². The molecule has 3 aliphatic rings. The van der Waals surface area contributed by atoms with E-state index >= 15 is 0 Å². The van der Waals surface area contributed by atoms with Gasteiger partial charge < -0.3 is 15.1 Å². The van der Waals surface area contributed by atoms with Crippen molar-refractivity contribution in [1.82, 2.24) is 20.2 Å². The molecular formula is C24H33N5. The summed E-state index contributed by atoms with van der Waals surface area (Å²) >= 11 is 0. The van der Waals surface area contributed by atoms with E-state index in [4.69, 9.17) is 4.98 Å². The minimum absolute atomic E-state index is 0.692. The molecule has 0 spiro atoms. The lowest BCUT2D eigenvalue weighted by Crippen LogP contribution is -2.28. The maximum atomic E-state index is 4.99. The van der Waals surface area contributed by atoms with Crippen molar-refractivity contribution < 1.29 is 0 Å². The molecule has 3 aliphatic heterocycles. The number of piperidine rings is 1. The molecule has 0 unspecified atom stereocenters. The molecule has 1 aromatic heterocycles. The first-order valence-corrected chi connectivity index (χ1v) is 11.5. The Bertz CT molecular complexity index is 807. The summed E-state index contributed by atoms with van der Waals surface area (Å²) in [5.74, 6) is 2.73. The van der Waals surface area contributed by atoms with Crippen LogP contribution in [0.5, 0.6) is 0 Å². The number of likely N-dealkylation sites (tertiary alicyclic amines) is 1. The Morgan fingerprint density at radius 2 is 1.76 bits per heavy atom. The Hall–Kier alpha value is -1.98. The summed E-state index contributed by atoms with van der Waals surface area (Å²) in [7, 11) is 0. The Morgan fingerprint density at radius 1 is 0.966 bits per heavy atom. The minimum Gasteiger partial charge on any atom is -0.356 e. The summed E-state index contributed by atoms with van der Waals surface area (Å²) < 4.78 is 0. The number of hydrogen-bond donors (Lipinski definition) is 1. The van der Waals surface area contributed by atoms with E-state index in [9.17, 15) is 0 Å². The first-order chi connectivity index (χ1) is 14.4. The van der Waals surface area contributed by atoms with Crippen molar-refractivity contribution in [3.05, 3.63) is 41.6 Å². The first-order valence-electron chi connectivity index (χ1n) is 11.5. The SMILES string of the molecule is c1cc(C2CCNCC2)ccc1-c1ncc2c(n1)N(CCCN1CCCC1)CC2. The number of nitrogens with one attached hydrogen (secondary N) is 1. The van der Waals surface area contributed by atoms with Crippen molar-refractivity contribution in [3.63, 3.8) is 0 Å². The molecule has 0 amide bonds. The van der Waals surface area contributed by atoms with Gasteiger partial charge >= 0.3 is 0 Å². The number of anilines is 1. The van der Waals surface area contributed by atoms with Gasteiger partial charge in [-0.3, -0.25) is 0 Å². The number of nitrogens with zero attached hydrogens (tertiary/aromatic N) is 4. The van der Waals surface area contributed by atoms with Gasteiger partial charge in [0.25, 0.3) is 0 Å². The Kier molecular flexibility index (Phi) is 5.77. The normalized spacial score (nSPS) is 20.3. The second-order valence-electron chi connectivity index (χ2n) is 8.83. The monoisotopic (exact) mass is 391 g/mol. The van der Waals surface area contributed by atoms with Gasteiger partial charge in [-0.1, -0.05) is 24.3 Å². The summed E-state index contributed by atoms with van der Waals surface area (Å²) in [6.45, 7) is 8.26. The third kappa shape index (κ3) is 4.31. The van der Waals surface area contributed by atoms with Crippen LogP contribution >= 0.6 is 0 Å². The van der Waals surface area contributed by atoms with E-state index in [0.29, 0.717) is 5.92 Å². The van der Waals surface area contributed by atoms with Crippen LogP contribution in [0.25, 0.3) is 11.4 Å². The molecule has 0 atom stereocenters. The summed E-state index contributed by atoms with van der Waals surface area (Å²) in [5, 5.41) is 3.45. The lowest BCUT2D eigenvalue weighted by atomic mass is 9.90. The molecule has 5 nitrogen and oxygen atoms in total. The summed E-state index contributed by atoms with van der Waals surface area (Å²) in [6.07, 6.45) is 9.58. The molecule has 2 fully saturated rings. The van der Waals surface area contributed by atoms with Crippen LogP contribution in [0, 0.1) is 0 Å². The molecule has 4 heterocycles. The third-order valence-corrected chi connectivity index (χ3v) is 6.87. The number of aromatic nitrogens is 2. The van der Waals surface area contributed by atoms with Crippen LogP contribution in [0.3, 0.4) is 0 Å². The van der Waals surface area contributed by atoms with Gasteiger partial charge in [-0.2, -0.15) is 0 Å². The van der Waals surface area contributed by atoms with Crippen LogP contribution in [0.15, 0.2) is 30.5 Å². The molecule has 5 rings (SSSR count). The largest absolute Gasteiger partial charge is 0.356 e. The highest BCUT2D eigenvalue weighted by atomic mass is 15.2. The maximum absolute atomic E-state index is 4.99. The molecule has 2 aromatic rings. The van der Waals surface area contributed by atoms with Crippen molar-refractivity contribution in [2.75, 3.05) is 50.7 Å². The summed E-state index contributed by atoms with van der Waals surface area (Å²) in [5.41, 5.74) is 3.90. The minimum atomic E-state index is 0.692. The van der Waals surface area contributed by atoms with Gasteiger partial charge in [0.2, 0.25) is 0 Å². The quantitative estimate of drug-likeness (QED) is 0.817. The van der Waals surface area contributed by atoms with Gasteiger partial charge in [0, 0.05) is 30.4 Å². The van der Waals surface area contributed by atoms with Crippen molar-refractivity contribution in [2.45, 2.75) is 44.4 Å². The highest BCUT2D eigenvalue weighted by Crippen LogP contribution is 2.30. The molecular weight excluding hydrogens is 358 g/mol. The van der Waals surface area contributed by atoms with Gasteiger partial charge in [-0.05, 0) is 82.7 Å². The number of hydrogen-bond acceptors (Lipinski definition) is 5. The van der Waals surface area contributed by atoms with Crippen molar-refractivity contribution >= 4 is 5.82 Å². The number of rotatable bonds is 6. The second kappa shape index (κ2) is 8.80. The molecule has 5 heteroatoms. The van der Waals surface area contributed by atoms with Crippen LogP contribution < -0.4 is 10.2 Å². The van der Waals surface area contributed by atoms with Crippen LogP contribution in [-0.2, 0) is 6.42 Å². The predicted molar refractivity (Wildman–Crippen MR) is 119 cm³/mol. The first kappa shape index (κ1) is 19.0. The Labute approximate surface area is 174 Å². The van der Waals surface area contributed by atoms with Gasteiger partial charge in [0.1, 0.15) is 5.82 Å². The third-order valence-electron chi connectivity index (χ3n) is 6.87. The number of fused-ring (bicyclic) bond motifs is 1. The van der Waals surface area contributed by atoms with Crippen LogP contribution in [0.2, 0.25) is 0 Å². The van der Waals surface area contributed by atoms with Gasteiger partial charge in [-0.25, -0.2) is 9.97 Å². The average Bonchev–Trinajstić information content (AvgIpc) is 3.44. The molecule has 154 valence electrons. The Morgan fingerprint density at radius 3 is 2.55 bits per heavy atom. The predicted octanol–water partition coefficient (Wildman–Crippen LogP) is 3.46. The van der Waals surface area contributed by atoms with Crippen LogP contribution in [-0.4, -0.2) is 60.7 Å². The van der Waals surface area contributed by atoms with E-state index in [2.05, 4.69) is 50.6 Å². The van der Waals surface area contributed by atoms with E-state index in [0.717, 1.165) is 44.0 Å². The fourth-order valence-electron chi connectivity index (χ4n) is 5.12. The highest BCUT2D eigenvalue weighted by molar-refractivity contribution is 5.61. The Balaban J connectivity index is 1.25. The zero-order valence-electron chi connectivity index (χ0n) is 17.4. The van der Waals surface area contributed by atoms with E-state index in [-0.39, 0.29) is 0 Å². The fraction of sp³-hybridized carbons (Fsp3) is 0.583.